The van der Waals surface area contributed by atoms with Crippen molar-refractivity contribution in [3.05, 3.63) is 88.2 Å². The molecule has 5 rings (SSSR count). The zero-order chi connectivity index (χ0) is 21.4. The molecule has 0 saturated carbocycles. The smallest absolute Gasteiger partial charge is 0.279 e. The number of aromatic nitrogens is 4. The Balaban J connectivity index is 1.71. The van der Waals surface area contributed by atoms with Crippen molar-refractivity contribution in [2.45, 2.75) is 0 Å². The van der Waals surface area contributed by atoms with E-state index in [4.69, 9.17) is 20.9 Å². The van der Waals surface area contributed by atoms with E-state index < -0.39 is 0 Å². The van der Waals surface area contributed by atoms with Gasteiger partial charge >= 0.3 is 0 Å². The minimum atomic E-state index is -0.254. The summed E-state index contributed by atoms with van der Waals surface area (Å²) in [5.74, 6) is 1.21. The zero-order valence-corrected chi connectivity index (χ0v) is 17.1. The standard InChI is InChI=1S/C23H15ClN4O3/c1-30-15-12-10-14(11-13-15)28-23(29)17-7-3-2-6-16(17)20(26-28)22-25-21(27-31-22)18-8-4-5-9-19(18)24/h2-13H,1H3. The first-order chi connectivity index (χ1) is 15.2. The molecule has 0 bridgehead atoms. The van der Waals surface area contributed by atoms with Crippen molar-refractivity contribution < 1.29 is 9.26 Å². The third kappa shape index (κ3) is 3.35. The van der Waals surface area contributed by atoms with Crippen LogP contribution >= 0.6 is 11.6 Å². The van der Waals surface area contributed by atoms with Crippen LogP contribution in [0.5, 0.6) is 5.75 Å². The summed E-state index contributed by atoms with van der Waals surface area (Å²) in [5, 5.41) is 10.2. The van der Waals surface area contributed by atoms with Gasteiger partial charge in [0, 0.05) is 10.9 Å². The molecule has 0 aliphatic rings. The van der Waals surface area contributed by atoms with Crippen LogP contribution < -0.4 is 10.3 Å². The number of benzene rings is 3. The lowest BCUT2D eigenvalue weighted by molar-refractivity contribution is 0.414. The van der Waals surface area contributed by atoms with Crippen LogP contribution in [-0.2, 0) is 0 Å². The summed E-state index contributed by atoms with van der Waals surface area (Å²) in [6.45, 7) is 0. The molecule has 0 aliphatic carbocycles. The Morgan fingerprint density at radius 3 is 2.39 bits per heavy atom. The van der Waals surface area contributed by atoms with E-state index in [1.54, 1.807) is 61.7 Å². The number of hydrogen-bond acceptors (Lipinski definition) is 6. The molecule has 0 atom stereocenters. The van der Waals surface area contributed by atoms with Crippen LogP contribution in [0.15, 0.2) is 82.1 Å². The van der Waals surface area contributed by atoms with E-state index in [0.717, 1.165) is 0 Å². The Bertz CT molecular complexity index is 1460. The van der Waals surface area contributed by atoms with Gasteiger partial charge in [-0.1, -0.05) is 47.1 Å². The maximum atomic E-state index is 13.1. The van der Waals surface area contributed by atoms with Crippen molar-refractivity contribution in [3.63, 3.8) is 0 Å². The highest BCUT2D eigenvalue weighted by atomic mass is 35.5. The van der Waals surface area contributed by atoms with Gasteiger partial charge in [0.15, 0.2) is 5.69 Å². The summed E-state index contributed by atoms with van der Waals surface area (Å²) >= 11 is 6.27. The van der Waals surface area contributed by atoms with Crippen LogP contribution in [0.4, 0.5) is 0 Å². The average molecular weight is 431 g/mol. The van der Waals surface area contributed by atoms with Gasteiger partial charge in [0.05, 0.1) is 23.2 Å². The second-order valence-electron chi connectivity index (χ2n) is 6.71. The van der Waals surface area contributed by atoms with Crippen LogP contribution in [0.3, 0.4) is 0 Å². The fourth-order valence-corrected chi connectivity index (χ4v) is 3.54. The molecule has 152 valence electrons. The molecule has 0 radical (unpaired) electrons. The van der Waals surface area contributed by atoms with E-state index in [0.29, 0.717) is 44.3 Å². The van der Waals surface area contributed by atoms with Gasteiger partial charge in [0.1, 0.15) is 5.75 Å². The van der Waals surface area contributed by atoms with Gasteiger partial charge in [-0.25, -0.2) is 0 Å². The maximum absolute atomic E-state index is 13.1. The Labute approximate surface area is 181 Å². The zero-order valence-electron chi connectivity index (χ0n) is 16.3. The second-order valence-corrected chi connectivity index (χ2v) is 7.12. The van der Waals surface area contributed by atoms with Crippen molar-refractivity contribution in [2.24, 2.45) is 0 Å². The molecule has 3 aromatic carbocycles. The number of rotatable bonds is 4. The topological polar surface area (TPSA) is 83.0 Å². The van der Waals surface area contributed by atoms with E-state index >= 15 is 0 Å². The fourth-order valence-electron chi connectivity index (χ4n) is 3.32. The number of methoxy groups -OCH3 is 1. The molecule has 0 unspecified atom stereocenters. The van der Waals surface area contributed by atoms with Crippen molar-refractivity contribution in [3.8, 4) is 34.4 Å². The molecule has 2 aromatic heterocycles. The fraction of sp³-hybridized carbons (Fsp3) is 0.0435. The highest BCUT2D eigenvalue weighted by molar-refractivity contribution is 6.33. The van der Waals surface area contributed by atoms with Crippen LogP contribution in [0.25, 0.3) is 39.4 Å². The Hall–Kier alpha value is -3.97. The predicted molar refractivity (Wildman–Crippen MR) is 118 cm³/mol. The summed E-state index contributed by atoms with van der Waals surface area (Å²) in [6, 6.07) is 21.5. The number of fused-ring (bicyclic) bond motifs is 1. The molecule has 5 aromatic rings. The summed E-state index contributed by atoms with van der Waals surface area (Å²) < 4.78 is 12.0. The number of nitrogens with zero attached hydrogens (tertiary/aromatic N) is 4. The summed E-state index contributed by atoms with van der Waals surface area (Å²) in [4.78, 5) is 17.6. The van der Waals surface area contributed by atoms with Gasteiger partial charge in [-0.3, -0.25) is 4.79 Å². The minimum Gasteiger partial charge on any atom is -0.497 e. The first-order valence-corrected chi connectivity index (χ1v) is 9.79. The van der Waals surface area contributed by atoms with Crippen LogP contribution in [-0.4, -0.2) is 27.0 Å². The molecular formula is C23H15ClN4O3. The molecule has 0 spiro atoms. The lowest BCUT2D eigenvalue weighted by Gasteiger charge is -2.09. The third-order valence-electron chi connectivity index (χ3n) is 4.87. The molecule has 0 saturated heterocycles. The van der Waals surface area contributed by atoms with Crippen LogP contribution in [0.2, 0.25) is 5.02 Å². The second kappa shape index (κ2) is 7.70. The van der Waals surface area contributed by atoms with Gasteiger partial charge in [-0.05, 0) is 42.5 Å². The highest BCUT2D eigenvalue weighted by Gasteiger charge is 2.19. The highest BCUT2D eigenvalue weighted by Crippen LogP contribution is 2.29. The van der Waals surface area contributed by atoms with E-state index in [2.05, 4.69) is 15.2 Å². The first kappa shape index (κ1) is 19.0. The van der Waals surface area contributed by atoms with Gasteiger partial charge in [-0.2, -0.15) is 14.8 Å². The molecule has 8 heteroatoms. The Morgan fingerprint density at radius 2 is 1.65 bits per heavy atom. The van der Waals surface area contributed by atoms with Crippen molar-refractivity contribution >= 4 is 22.4 Å². The van der Waals surface area contributed by atoms with Crippen LogP contribution in [0, 0.1) is 0 Å². The Kier molecular flexibility index (Phi) is 4.72. The average Bonchev–Trinajstić information content (AvgIpc) is 3.30. The minimum absolute atomic E-state index is 0.188. The van der Waals surface area contributed by atoms with E-state index in [1.807, 2.05) is 18.2 Å². The molecule has 0 aliphatic heterocycles. The molecular weight excluding hydrogens is 416 g/mol. The number of ether oxygens (including phenoxy) is 1. The van der Waals surface area contributed by atoms with Gasteiger partial charge in [0.25, 0.3) is 11.4 Å². The molecule has 31 heavy (non-hydrogen) atoms. The summed E-state index contributed by atoms with van der Waals surface area (Å²) in [7, 11) is 1.58. The van der Waals surface area contributed by atoms with Crippen molar-refractivity contribution in [1.29, 1.82) is 0 Å². The number of halogens is 1. The Morgan fingerprint density at radius 1 is 0.935 bits per heavy atom. The normalized spacial score (nSPS) is 11.0. The van der Waals surface area contributed by atoms with Gasteiger partial charge in [0.2, 0.25) is 5.82 Å². The lowest BCUT2D eigenvalue weighted by Crippen LogP contribution is -2.22. The predicted octanol–water partition coefficient (Wildman–Crippen LogP) is 4.76. The third-order valence-corrected chi connectivity index (χ3v) is 5.19. The molecule has 0 fully saturated rings. The van der Waals surface area contributed by atoms with E-state index in [9.17, 15) is 4.79 Å². The summed E-state index contributed by atoms with van der Waals surface area (Å²) in [5.41, 5.74) is 1.38. The summed E-state index contributed by atoms with van der Waals surface area (Å²) in [6.07, 6.45) is 0. The van der Waals surface area contributed by atoms with E-state index in [-0.39, 0.29) is 11.4 Å². The quantitative estimate of drug-likeness (QED) is 0.408. The lowest BCUT2D eigenvalue weighted by atomic mass is 10.1. The first-order valence-electron chi connectivity index (χ1n) is 9.41. The maximum Gasteiger partial charge on any atom is 0.279 e. The molecule has 7 nitrogen and oxygen atoms in total. The molecule has 0 amide bonds. The largest absolute Gasteiger partial charge is 0.497 e. The number of hydrogen-bond donors (Lipinski definition) is 0. The van der Waals surface area contributed by atoms with Crippen LogP contribution in [0.1, 0.15) is 0 Å². The molecule has 2 heterocycles. The van der Waals surface area contributed by atoms with E-state index in [1.165, 1.54) is 4.68 Å². The SMILES string of the molecule is COc1ccc(-n2nc(-c3nc(-c4ccccc4Cl)no3)c3ccccc3c2=O)cc1. The molecule has 0 N–H and O–H groups in total. The monoisotopic (exact) mass is 430 g/mol. The van der Waals surface area contributed by atoms with Crippen molar-refractivity contribution in [2.75, 3.05) is 7.11 Å². The van der Waals surface area contributed by atoms with Gasteiger partial charge < -0.3 is 9.26 Å². The van der Waals surface area contributed by atoms with Gasteiger partial charge in [-0.15, -0.1) is 0 Å². The van der Waals surface area contributed by atoms with Crippen molar-refractivity contribution in [1.82, 2.24) is 19.9 Å².